The van der Waals surface area contributed by atoms with Crippen molar-refractivity contribution in [1.29, 1.82) is 0 Å². The number of likely N-dealkylation sites (N-methyl/N-ethyl adjacent to an activating group) is 1. The Labute approximate surface area is 153 Å². The molecule has 0 heterocycles. The van der Waals surface area contributed by atoms with E-state index in [0.29, 0.717) is 17.0 Å². The molecule has 0 aliphatic heterocycles. The van der Waals surface area contributed by atoms with Gasteiger partial charge in [-0.05, 0) is 36.6 Å². The molecule has 1 atom stereocenters. The van der Waals surface area contributed by atoms with Crippen molar-refractivity contribution in [2.24, 2.45) is 5.92 Å². The van der Waals surface area contributed by atoms with Gasteiger partial charge in [0.05, 0.1) is 13.5 Å². The molecule has 1 aromatic rings. The van der Waals surface area contributed by atoms with Crippen LogP contribution in [0, 0.1) is 5.92 Å². The van der Waals surface area contributed by atoms with Gasteiger partial charge in [0.15, 0.2) is 0 Å². The van der Waals surface area contributed by atoms with Gasteiger partial charge in [-0.3, -0.25) is 14.4 Å². The molecule has 7 heteroatoms. The maximum absolute atomic E-state index is 12.6. The van der Waals surface area contributed by atoms with Crippen molar-refractivity contribution >= 4 is 29.4 Å². The molecule has 2 amide bonds. The third-order valence-corrected chi connectivity index (χ3v) is 3.92. The molecule has 25 heavy (non-hydrogen) atoms. The minimum absolute atomic E-state index is 0.109. The first-order chi connectivity index (χ1) is 11.7. The zero-order chi connectivity index (χ0) is 19.0. The Morgan fingerprint density at radius 1 is 1.20 bits per heavy atom. The van der Waals surface area contributed by atoms with E-state index >= 15 is 0 Å². The Morgan fingerprint density at radius 3 is 2.32 bits per heavy atom. The highest BCUT2D eigenvalue weighted by atomic mass is 35.5. The number of amides is 2. The second-order valence-corrected chi connectivity index (χ2v) is 6.68. The number of rotatable bonds is 8. The smallest absolute Gasteiger partial charge is 0.307 e. The number of halogens is 1. The summed E-state index contributed by atoms with van der Waals surface area (Å²) in [5.74, 6) is -0.740. The summed E-state index contributed by atoms with van der Waals surface area (Å²) in [4.78, 5) is 37.7. The van der Waals surface area contributed by atoms with Gasteiger partial charge in [-0.15, -0.1) is 0 Å². The predicted octanol–water partition coefficient (Wildman–Crippen LogP) is 2.51. The van der Waals surface area contributed by atoms with E-state index in [1.165, 1.54) is 12.0 Å². The normalized spacial score (nSPS) is 11.8. The fourth-order valence-corrected chi connectivity index (χ4v) is 2.40. The molecule has 1 aromatic carbocycles. The number of nitrogens with one attached hydrogen (secondary N) is 1. The topological polar surface area (TPSA) is 75.7 Å². The zero-order valence-electron chi connectivity index (χ0n) is 15.0. The molecule has 0 aliphatic rings. The average Bonchev–Trinajstić information content (AvgIpc) is 2.58. The van der Waals surface area contributed by atoms with Crippen molar-refractivity contribution in [2.75, 3.05) is 20.7 Å². The van der Waals surface area contributed by atoms with E-state index < -0.39 is 6.04 Å². The Bertz CT molecular complexity index is 602. The molecule has 6 nitrogen and oxygen atoms in total. The Kier molecular flexibility index (Phi) is 8.41. The molecule has 1 rings (SSSR count). The maximum atomic E-state index is 12.6. The van der Waals surface area contributed by atoms with Gasteiger partial charge in [-0.1, -0.05) is 25.4 Å². The monoisotopic (exact) mass is 368 g/mol. The molecule has 0 fully saturated rings. The summed E-state index contributed by atoms with van der Waals surface area (Å²) in [7, 11) is 2.91. The van der Waals surface area contributed by atoms with Gasteiger partial charge in [-0.2, -0.15) is 0 Å². The van der Waals surface area contributed by atoms with E-state index in [4.69, 9.17) is 11.6 Å². The summed E-state index contributed by atoms with van der Waals surface area (Å²) in [5.41, 5.74) is 0.433. The van der Waals surface area contributed by atoms with Crippen LogP contribution in [0.2, 0.25) is 5.02 Å². The molecule has 0 saturated heterocycles. The number of methoxy groups -OCH3 is 1. The molecular weight excluding hydrogens is 344 g/mol. The molecule has 0 aliphatic carbocycles. The Balaban J connectivity index is 2.78. The third kappa shape index (κ3) is 7.13. The van der Waals surface area contributed by atoms with Gasteiger partial charge in [-0.25, -0.2) is 0 Å². The minimum Gasteiger partial charge on any atom is -0.469 e. The van der Waals surface area contributed by atoms with Crippen LogP contribution in [-0.4, -0.2) is 49.4 Å². The number of ether oxygens (including phenoxy) is 1. The summed E-state index contributed by atoms with van der Waals surface area (Å²) in [6.45, 7) is 4.18. The summed E-state index contributed by atoms with van der Waals surface area (Å²) >= 11 is 5.82. The van der Waals surface area contributed by atoms with Crippen LogP contribution in [0.5, 0.6) is 0 Å². The fraction of sp³-hybridized carbons (Fsp3) is 0.500. The molecule has 0 saturated carbocycles. The fourth-order valence-electron chi connectivity index (χ4n) is 2.27. The second kappa shape index (κ2) is 10.0. The highest BCUT2D eigenvalue weighted by Gasteiger charge is 2.25. The number of hydrogen-bond acceptors (Lipinski definition) is 4. The van der Waals surface area contributed by atoms with Crippen LogP contribution in [-0.2, 0) is 14.3 Å². The first kappa shape index (κ1) is 21.0. The first-order valence-corrected chi connectivity index (χ1v) is 8.50. The molecule has 1 N–H and O–H groups in total. The van der Waals surface area contributed by atoms with Crippen molar-refractivity contribution < 1.29 is 19.1 Å². The predicted molar refractivity (Wildman–Crippen MR) is 96.4 cm³/mol. The maximum Gasteiger partial charge on any atom is 0.307 e. The average molecular weight is 369 g/mol. The lowest BCUT2D eigenvalue weighted by Crippen LogP contribution is -2.48. The minimum atomic E-state index is -0.661. The van der Waals surface area contributed by atoms with Gasteiger partial charge < -0.3 is 15.0 Å². The van der Waals surface area contributed by atoms with Crippen LogP contribution in [0.4, 0.5) is 0 Å². The number of hydrogen-bond donors (Lipinski definition) is 1. The standard InChI is InChI=1S/C18H25ClN2O4/c1-12(2)11-15(18(24)21(3)10-9-16(22)25-4)20-17(23)13-5-7-14(19)8-6-13/h5-8,12,15H,9-11H2,1-4H3,(H,20,23). The van der Waals surface area contributed by atoms with Crippen molar-refractivity contribution in [2.45, 2.75) is 32.7 Å². The molecule has 1 unspecified atom stereocenters. The largest absolute Gasteiger partial charge is 0.469 e. The summed E-state index contributed by atoms with van der Waals surface area (Å²) in [6, 6.07) is 5.80. The van der Waals surface area contributed by atoms with E-state index in [1.54, 1.807) is 31.3 Å². The first-order valence-electron chi connectivity index (χ1n) is 8.12. The van der Waals surface area contributed by atoms with Gasteiger partial charge in [0, 0.05) is 24.2 Å². The molecule has 138 valence electrons. The van der Waals surface area contributed by atoms with E-state index in [1.807, 2.05) is 13.8 Å². The van der Waals surface area contributed by atoms with Gasteiger partial charge >= 0.3 is 5.97 Å². The van der Waals surface area contributed by atoms with Crippen LogP contribution in [0.1, 0.15) is 37.0 Å². The van der Waals surface area contributed by atoms with Crippen LogP contribution in [0.25, 0.3) is 0 Å². The molecular formula is C18H25ClN2O4. The van der Waals surface area contributed by atoms with Crippen molar-refractivity contribution in [3.05, 3.63) is 34.9 Å². The molecule has 0 aromatic heterocycles. The summed E-state index contributed by atoms with van der Waals surface area (Å²) in [5, 5.41) is 3.31. The summed E-state index contributed by atoms with van der Waals surface area (Å²) in [6.07, 6.45) is 0.610. The van der Waals surface area contributed by atoms with Crippen LogP contribution in [0.15, 0.2) is 24.3 Å². The lowest BCUT2D eigenvalue weighted by atomic mass is 10.0. The Morgan fingerprint density at radius 2 is 1.80 bits per heavy atom. The van der Waals surface area contributed by atoms with Crippen LogP contribution >= 0.6 is 11.6 Å². The number of benzene rings is 1. The van der Waals surface area contributed by atoms with Crippen molar-refractivity contribution in [3.63, 3.8) is 0 Å². The van der Waals surface area contributed by atoms with Crippen molar-refractivity contribution in [3.8, 4) is 0 Å². The zero-order valence-corrected chi connectivity index (χ0v) is 15.8. The highest BCUT2D eigenvalue weighted by Crippen LogP contribution is 2.12. The third-order valence-electron chi connectivity index (χ3n) is 3.67. The number of carbonyl (C=O) groups excluding carboxylic acids is 3. The highest BCUT2D eigenvalue weighted by molar-refractivity contribution is 6.30. The van der Waals surface area contributed by atoms with Crippen LogP contribution in [0.3, 0.4) is 0 Å². The van der Waals surface area contributed by atoms with Crippen LogP contribution < -0.4 is 5.32 Å². The number of nitrogens with zero attached hydrogens (tertiary/aromatic N) is 1. The van der Waals surface area contributed by atoms with E-state index in [2.05, 4.69) is 10.1 Å². The molecule has 0 radical (unpaired) electrons. The van der Waals surface area contributed by atoms with E-state index in [9.17, 15) is 14.4 Å². The van der Waals surface area contributed by atoms with Gasteiger partial charge in [0.2, 0.25) is 5.91 Å². The number of esters is 1. The summed E-state index contributed by atoms with van der Waals surface area (Å²) < 4.78 is 4.58. The Hall–Kier alpha value is -2.08. The van der Waals surface area contributed by atoms with E-state index in [0.717, 1.165) is 0 Å². The van der Waals surface area contributed by atoms with Crippen molar-refractivity contribution in [1.82, 2.24) is 10.2 Å². The quantitative estimate of drug-likeness (QED) is 0.715. The molecule has 0 spiro atoms. The SMILES string of the molecule is COC(=O)CCN(C)C(=O)C(CC(C)C)NC(=O)c1ccc(Cl)cc1. The van der Waals surface area contributed by atoms with Gasteiger partial charge in [0.25, 0.3) is 5.91 Å². The number of carbonyl (C=O) groups is 3. The second-order valence-electron chi connectivity index (χ2n) is 6.25. The molecule has 0 bridgehead atoms. The lowest BCUT2D eigenvalue weighted by Gasteiger charge is -2.25. The lowest BCUT2D eigenvalue weighted by molar-refractivity contribution is -0.141. The van der Waals surface area contributed by atoms with E-state index in [-0.39, 0.29) is 36.7 Å². The van der Waals surface area contributed by atoms with Gasteiger partial charge in [0.1, 0.15) is 6.04 Å².